The minimum Gasteiger partial charge on any atom is -0.343 e. The van der Waals surface area contributed by atoms with E-state index >= 15 is 0 Å². The SMILES string of the molecule is O=C(NC(c1cccs1)C1CC1)c1csc(-c2ccsc2)n1. The molecule has 1 N–H and O–H groups in total. The first-order valence-corrected chi connectivity index (χ1v) is 9.84. The van der Waals surface area contributed by atoms with Gasteiger partial charge in [-0.25, -0.2) is 4.98 Å². The second-order valence-electron chi connectivity index (χ2n) is 5.35. The molecular weight excluding hydrogens is 332 g/mol. The van der Waals surface area contributed by atoms with Crippen LogP contribution in [0.15, 0.2) is 39.7 Å². The van der Waals surface area contributed by atoms with Crippen LogP contribution in [0.1, 0.15) is 34.2 Å². The molecule has 3 nitrogen and oxygen atoms in total. The number of amides is 1. The number of nitrogens with one attached hydrogen (secondary N) is 1. The molecule has 3 aromatic heterocycles. The molecule has 3 heterocycles. The van der Waals surface area contributed by atoms with Crippen LogP contribution in [-0.2, 0) is 0 Å². The zero-order valence-corrected chi connectivity index (χ0v) is 14.1. The molecule has 1 aliphatic rings. The summed E-state index contributed by atoms with van der Waals surface area (Å²) in [6.07, 6.45) is 2.39. The van der Waals surface area contributed by atoms with Gasteiger partial charge in [0.25, 0.3) is 5.91 Å². The average Bonchev–Trinajstić information content (AvgIpc) is 3.00. The van der Waals surface area contributed by atoms with Crippen LogP contribution in [-0.4, -0.2) is 10.9 Å². The van der Waals surface area contributed by atoms with E-state index in [4.69, 9.17) is 0 Å². The summed E-state index contributed by atoms with van der Waals surface area (Å²) in [5, 5.41) is 12.1. The largest absolute Gasteiger partial charge is 0.343 e. The lowest BCUT2D eigenvalue weighted by molar-refractivity contribution is 0.0928. The van der Waals surface area contributed by atoms with Crippen molar-refractivity contribution in [1.29, 1.82) is 0 Å². The molecule has 112 valence electrons. The van der Waals surface area contributed by atoms with E-state index in [2.05, 4.69) is 27.1 Å². The molecule has 0 saturated heterocycles. The molecule has 0 spiro atoms. The molecule has 0 radical (unpaired) electrons. The van der Waals surface area contributed by atoms with E-state index in [-0.39, 0.29) is 11.9 Å². The second kappa shape index (κ2) is 5.95. The molecule has 0 aliphatic heterocycles. The summed E-state index contributed by atoms with van der Waals surface area (Å²) < 4.78 is 0. The van der Waals surface area contributed by atoms with Gasteiger partial charge in [-0.2, -0.15) is 11.3 Å². The number of thiophene rings is 2. The Morgan fingerprint density at radius 3 is 2.82 bits per heavy atom. The molecule has 1 amide bonds. The Morgan fingerprint density at radius 1 is 1.23 bits per heavy atom. The van der Waals surface area contributed by atoms with E-state index in [1.807, 2.05) is 22.9 Å². The standard InChI is InChI=1S/C16H14N2OS3/c19-15(12-9-22-16(17-12)11-5-7-20-8-11)18-14(10-3-4-10)13-2-1-6-21-13/h1-2,5-10,14H,3-4H2,(H,18,19). The first-order valence-electron chi connectivity index (χ1n) is 7.13. The summed E-state index contributed by atoms with van der Waals surface area (Å²) in [6.45, 7) is 0. The van der Waals surface area contributed by atoms with Crippen molar-refractivity contribution in [1.82, 2.24) is 10.3 Å². The van der Waals surface area contributed by atoms with E-state index in [1.54, 1.807) is 22.7 Å². The minimum absolute atomic E-state index is 0.0666. The van der Waals surface area contributed by atoms with Crippen LogP contribution in [0.5, 0.6) is 0 Å². The average molecular weight is 347 g/mol. The van der Waals surface area contributed by atoms with E-state index < -0.39 is 0 Å². The summed E-state index contributed by atoms with van der Waals surface area (Å²) >= 11 is 4.87. The van der Waals surface area contributed by atoms with Crippen LogP contribution in [0.4, 0.5) is 0 Å². The third-order valence-corrected chi connectivity index (χ3v) is 6.26. The highest BCUT2D eigenvalue weighted by molar-refractivity contribution is 7.14. The van der Waals surface area contributed by atoms with Crippen molar-refractivity contribution in [3.63, 3.8) is 0 Å². The summed E-state index contributed by atoms with van der Waals surface area (Å²) in [5.74, 6) is 0.514. The van der Waals surface area contributed by atoms with Crippen molar-refractivity contribution < 1.29 is 4.79 Å². The Morgan fingerprint density at radius 2 is 2.14 bits per heavy atom. The fraction of sp³-hybridized carbons (Fsp3) is 0.250. The molecule has 1 unspecified atom stereocenters. The zero-order valence-electron chi connectivity index (χ0n) is 11.7. The van der Waals surface area contributed by atoms with Gasteiger partial charge in [-0.05, 0) is 41.7 Å². The Kier molecular flexibility index (Phi) is 3.82. The maximum absolute atomic E-state index is 12.5. The fourth-order valence-corrected chi connectivity index (χ4v) is 4.81. The molecule has 1 atom stereocenters. The number of aromatic nitrogens is 1. The highest BCUT2D eigenvalue weighted by atomic mass is 32.1. The third kappa shape index (κ3) is 2.86. The first-order chi connectivity index (χ1) is 10.8. The van der Waals surface area contributed by atoms with Gasteiger partial charge in [-0.1, -0.05) is 6.07 Å². The number of thiazole rings is 1. The van der Waals surface area contributed by atoms with Gasteiger partial charge in [-0.3, -0.25) is 4.79 Å². The van der Waals surface area contributed by atoms with E-state index in [1.165, 1.54) is 29.1 Å². The maximum atomic E-state index is 12.5. The monoisotopic (exact) mass is 346 g/mol. The van der Waals surface area contributed by atoms with Crippen LogP contribution in [0, 0.1) is 5.92 Å². The highest BCUT2D eigenvalue weighted by Gasteiger charge is 2.34. The predicted octanol–water partition coefficient (Wildman–Crippen LogP) is 4.81. The van der Waals surface area contributed by atoms with Crippen molar-refractivity contribution in [3.05, 3.63) is 50.3 Å². The molecule has 3 aromatic rings. The van der Waals surface area contributed by atoms with Gasteiger partial charge < -0.3 is 5.32 Å². The Balaban J connectivity index is 1.52. The van der Waals surface area contributed by atoms with Crippen molar-refractivity contribution >= 4 is 39.9 Å². The van der Waals surface area contributed by atoms with Gasteiger partial charge in [0.15, 0.2) is 0 Å². The van der Waals surface area contributed by atoms with Crippen LogP contribution >= 0.6 is 34.0 Å². The normalized spacial score (nSPS) is 15.6. The lowest BCUT2D eigenvalue weighted by atomic mass is 10.1. The molecular formula is C16H14N2OS3. The van der Waals surface area contributed by atoms with Crippen molar-refractivity contribution in [2.24, 2.45) is 5.92 Å². The number of carbonyl (C=O) groups is 1. The van der Waals surface area contributed by atoms with Crippen molar-refractivity contribution in [3.8, 4) is 10.6 Å². The van der Waals surface area contributed by atoms with Gasteiger partial charge in [0, 0.05) is 21.2 Å². The molecule has 0 bridgehead atoms. The van der Waals surface area contributed by atoms with Gasteiger partial charge in [0.05, 0.1) is 6.04 Å². The molecule has 6 heteroatoms. The maximum Gasteiger partial charge on any atom is 0.271 e. The highest BCUT2D eigenvalue weighted by Crippen LogP contribution is 2.42. The topological polar surface area (TPSA) is 42.0 Å². The van der Waals surface area contributed by atoms with Gasteiger partial charge >= 0.3 is 0 Å². The summed E-state index contributed by atoms with van der Waals surface area (Å²) in [4.78, 5) is 18.2. The Hall–Kier alpha value is -1.50. The number of nitrogens with zero attached hydrogens (tertiary/aromatic N) is 1. The first kappa shape index (κ1) is 14.1. The lowest BCUT2D eigenvalue weighted by Crippen LogP contribution is -2.29. The van der Waals surface area contributed by atoms with Crippen LogP contribution in [0.3, 0.4) is 0 Å². The van der Waals surface area contributed by atoms with E-state index in [0.29, 0.717) is 11.6 Å². The summed E-state index contributed by atoms with van der Waals surface area (Å²) in [6, 6.07) is 6.31. The molecule has 4 rings (SSSR count). The van der Waals surface area contributed by atoms with Crippen molar-refractivity contribution in [2.45, 2.75) is 18.9 Å². The molecule has 1 saturated carbocycles. The Bertz CT molecular complexity index is 757. The Labute approximate surface area is 140 Å². The van der Waals surface area contributed by atoms with Gasteiger partial charge in [0.2, 0.25) is 0 Å². The lowest BCUT2D eigenvalue weighted by Gasteiger charge is -2.15. The molecule has 0 aromatic carbocycles. The van der Waals surface area contributed by atoms with Crippen LogP contribution in [0.25, 0.3) is 10.6 Å². The summed E-state index contributed by atoms with van der Waals surface area (Å²) in [5.41, 5.74) is 1.61. The smallest absolute Gasteiger partial charge is 0.271 e. The number of carbonyl (C=O) groups excluding carboxylic acids is 1. The molecule has 22 heavy (non-hydrogen) atoms. The van der Waals surface area contributed by atoms with E-state index in [9.17, 15) is 4.79 Å². The third-order valence-electron chi connectivity index (χ3n) is 3.73. The minimum atomic E-state index is -0.0666. The quantitative estimate of drug-likeness (QED) is 0.720. The zero-order chi connectivity index (χ0) is 14.9. The fourth-order valence-electron chi connectivity index (χ4n) is 2.43. The van der Waals surface area contributed by atoms with Crippen LogP contribution < -0.4 is 5.32 Å². The molecule has 1 aliphatic carbocycles. The number of rotatable bonds is 5. The van der Waals surface area contributed by atoms with Gasteiger partial charge in [0.1, 0.15) is 10.7 Å². The van der Waals surface area contributed by atoms with Gasteiger partial charge in [-0.15, -0.1) is 22.7 Å². The number of hydrogen-bond acceptors (Lipinski definition) is 5. The summed E-state index contributed by atoms with van der Waals surface area (Å²) in [7, 11) is 0. The molecule has 1 fully saturated rings. The second-order valence-corrected chi connectivity index (χ2v) is 7.97. The number of hydrogen-bond donors (Lipinski definition) is 1. The van der Waals surface area contributed by atoms with Crippen LogP contribution in [0.2, 0.25) is 0 Å². The van der Waals surface area contributed by atoms with E-state index in [0.717, 1.165) is 10.6 Å². The predicted molar refractivity (Wildman–Crippen MR) is 92.7 cm³/mol. The van der Waals surface area contributed by atoms with Crippen molar-refractivity contribution in [2.75, 3.05) is 0 Å².